The zero-order valence-electron chi connectivity index (χ0n) is 11.7. The number of aryl methyl sites for hydroxylation is 2. The van der Waals surface area contributed by atoms with Crippen LogP contribution < -0.4 is 10.1 Å². The van der Waals surface area contributed by atoms with E-state index in [-0.39, 0.29) is 5.91 Å². The number of hydrogen-bond donors (Lipinski definition) is 1. The Balaban J connectivity index is 2.53. The Morgan fingerprint density at radius 1 is 1.39 bits per heavy atom. The van der Waals surface area contributed by atoms with Gasteiger partial charge in [0, 0.05) is 6.54 Å². The van der Waals surface area contributed by atoms with Crippen molar-refractivity contribution in [2.45, 2.75) is 46.6 Å². The van der Waals surface area contributed by atoms with Crippen molar-refractivity contribution < 1.29 is 9.53 Å². The smallest absolute Gasteiger partial charge is 0.260 e. The Kier molecular flexibility index (Phi) is 5.69. The van der Waals surface area contributed by atoms with Gasteiger partial charge in [-0.15, -0.1) is 0 Å². The van der Waals surface area contributed by atoms with Crippen molar-refractivity contribution in [1.29, 1.82) is 0 Å². The SMILES string of the molecule is CCCCNC(=O)[C@@H](C)Oc1ccc(C)cc1C. The van der Waals surface area contributed by atoms with Gasteiger partial charge in [0.15, 0.2) is 6.10 Å². The van der Waals surface area contributed by atoms with Crippen LogP contribution in [0.4, 0.5) is 0 Å². The van der Waals surface area contributed by atoms with Crippen LogP contribution in [0.1, 0.15) is 37.8 Å². The van der Waals surface area contributed by atoms with E-state index in [0.717, 1.165) is 30.7 Å². The number of amides is 1. The lowest BCUT2D eigenvalue weighted by Gasteiger charge is -2.16. The van der Waals surface area contributed by atoms with E-state index >= 15 is 0 Å². The summed E-state index contributed by atoms with van der Waals surface area (Å²) in [4.78, 5) is 11.8. The molecule has 3 nitrogen and oxygen atoms in total. The van der Waals surface area contributed by atoms with Crippen molar-refractivity contribution in [3.8, 4) is 5.75 Å². The first-order valence-corrected chi connectivity index (χ1v) is 6.56. The van der Waals surface area contributed by atoms with Gasteiger partial charge in [0.25, 0.3) is 5.91 Å². The molecule has 0 aliphatic rings. The number of nitrogens with one attached hydrogen (secondary N) is 1. The molecule has 1 N–H and O–H groups in total. The third-order valence-corrected chi connectivity index (χ3v) is 2.83. The fraction of sp³-hybridized carbons (Fsp3) is 0.533. The number of hydrogen-bond acceptors (Lipinski definition) is 2. The van der Waals surface area contributed by atoms with Crippen LogP contribution in [0.15, 0.2) is 18.2 Å². The van der Waals surface area contributed by atoms with Crippen molar-refractivity contribution in [3.05, 3.63) is 29.3 Å². The highest BCUT2D eigenvalue weighted by molar-refractivity contribution is 5.80. The minimum atomic E-state index is -0.455. The molecule has 0 unspecified atom stereocenters. The molecule has 3 heteroatoms. The largest absolute Gasteiger partial charge is 0.481 e. The van der Waals surface area contributed by atoms with E-state index in [1.165, 1.54) is 5.56 Å². The van der Waals surface area contributed by atoms with Gasteiger partial charge in [-0.05, 0) is 38.8 Å². The van der Waals surface area contributed by atoms with Crippen LogP contribution in [0.3, 0.4) is 0 Å². The molecular weight excluding hydrogens is 226 g/mol. The molecule has 0 radical (unpaired) electrons. The number of carbonyl (C=O) groups excluding carboxylic acids is 1. The van der Waals surface area contributed by atoms with Crippen molar-refractivity contribution in [1.82, 2.24) is 5.32 Å². The van der Waals surface area contributed by atoms with E-state index in [2.05, 4.69) is 18.3 Å². The number of carbonyl (C=O) groups is 1. The molecule has 1 rings (SSSR count). The van der Waals surface area contributed by atoms with E-state index < -0.39 is 6.10 Å². The average Bonchev–Trinajstić information content (AvgIpc) is 2.32. The lowest BCUT2D eigenvalue weighted by molar-refractivity contribution is -0.127. The maximum Gasteiger partial charge on any atom is 0.260 e. The van der Waals surface area contributed by atoms with Crippen LogP contribution in [-0.4, -0.2) is 18.6 Å². The Morgan fingerprint density at radius 3 is 2.72 bits per heavy atom. The molecule has 1 aromatic rings. The second kappa shape index (κ2) is 7.04. The minimum absolute atomic E-state index is 0.0524. The predicted octanol–water partition coefficient (Wildman–Crippen LogP) is 2.99. The second-order valence-corrected chi connectivity index (χ2v) is 4.67. The summed E-state index contributed by atoms with van der Waals surface area (Å²) in [6.45, 7) is 8.62. The van der Waals surface area contributed by atoms with Crippen LogP contribution in [0.2, 0.25) is 0 Å². The summed E-state index contributed by atoms with van der Waals surface area (Å²) in [6.07, 6.45) is 1.62. The maximum absolute atomic E-state index is 11.8. The van der Waals surface area contributed by atoms with Gasteiger partial charge in [0.2, 0.25) is 0 Å². The number of rotatable bonds is 6. The lowest BCUT2D eigenvalue weighted by atomic mass is 10.1. The van der Waals surface area contributed by atoms with E-state index in [1.807, 2.05) is 26.0 Å². The molecule has 1 amide bonds. The summed E-state index contributed by atoms with van der Waals surface area (Å²) in [6, 6.07) is 5.96. The van der Waals surface area contributed by atoms with E-state index in [1.54, 1.807) is 6.92 Å². The highest BCUT2D eigenvalue weighted by atomic mass is 16.5. The zero-order chi connectivity index (χ0) is 13.5. The monoisotopic (exact) mass is 249 g/mol. The van der Waals surface area contributed by atoms with Gasteiger partial charge in [-0.25, -0.2) is 0 Å². The molecule has 0 spiro atoms. The van der Waals surface area contributed by atoms with Crippen LogP contribution in [0.25, 0.3) is 0 Å². The van der Waals surface area contributed by atoms with Crippen LogP contribution in [-0.2, 0) is 4.79 Å². The van der Waals surface area contributed by atoms with Crippen molar-refractivity contribution in [3.63, 3.8) is 0 Å². The minimum Gasteiger partial charge on any atom is -0.481 e. The van der Waals surface area contributed by atoms with Crippen LogP contribution in [0, 0.1) is 13.8 Å². The molecule has 0 fully saturated rings. The summed E-state index contributed by atoms with van der Waals surface area (Å²) < 4.78 is 5.68. The molecule has 0 bridgehead atoms. The molecule has 18 heavy (non-hydrogen) atoms. The highest BCUT2D eigenvalue weighted by Crippen LogP contribution is 2.19. The first kappa shape index (κ1) is 14.6. The molecule has 1 atom stereocenters. The molecule has 0 saturated carbocycles. The molecule has 1 aromatic carbocycles. The van der Waals surface area contributed by atoms with E-state index in [9.17, 15) is 4.79 Å². The zero-order valence-corrected chi connectivity index (χ0v) is 11.7. The van der Waals surface area contributed by atoms with Crippen LogP contribution >= 0.6 is 0 Å². The highest BCUT2D eigenvalue weighted by Gasteiger charge is 2.14. The van der Waals surface area contributed by atoms with Gasteiger partial charge in [0.05, 0.1) is 0 Å². The third kappa shape index (κ3) is 4.40. The number of unbranched alkanes of at least 4 members (excludes halogenated alkanes) is 1. The summed E-state index contributed by atoms with van der Waals surface area (Å²) >= 11 is 0. The van der Waals surface area contributed by atoms with Crippen molar-refractivity contribution in [2.24, 2.45) is 0 Å². The predicted molar refractivity (Wildman–Crippen MR) is 73.9 cm³/mol. The van der Waals surface area contributed by atoms with Gasteiger partial charge in [0.1, 0.15) is 5.75 Å². The Bertz CT molecular complexity index is 401. The Hall–Kier alpha value is -1.51. The molecule has 0 heterocycles. The van der Waals surface area contributed by atoms with Crippen LogP contribution in [0.5, 0.6) is 5.75 Å². The fourth-order valence-electron chi connectivity index (χ4n) is 1.71. The van der Waals surface area contributed by atoms with Gasteiger partial charge < -0.3 is 10.1 Å². The van der Waals surface area contributed by atoms with Gasteiger partial charge >= 0.3 is 0 Å². The topological polar surface area (TPSA) is 38.3 Å². The molecule has 0 aliphatic heterocycles. The lowest BCUT2D eigenvalue weighted by Crippen LogP contribution is -2.36. The summed E-state index contributed by atoms with van der Waals surface area (Å²) in [7, 11) is 0. The molecular formula is C15H23NO2. The molecule has 0 aromatic heterocycles. The summed E-state index contributed by atoms with van der Waals surface area (Å²) in [5.41, 5.74) is 2.25. The first-order valence-electron chi connectivity index (χ1n) is 6.56. The molecule has 100 valence electrons. The maximum atomic E-state index is 11.8. The van der Waals surface area contributed by atoms with Gasteiger partial charge in [-0.3, -0.25) is 4.79 Å². The number of ether oxygens (including phenoxy) is 1. The molecule has 0 saturated heterocycles. The summed E-state index contributed by atoms with van der Waals surface area (Å²) in [5, 5.41) is 2.87. The third-order valence-electron chi connectivity index (χ3n) is 2.83. The summed E-state index contributed by atoms with van der Waals surface area (Å²) in [5.74, 6) is 0.724. The number of benzene rings is 1. The quantitative estimate of drug-likeness (QED) is 0.787. The standard InChI is InChI=1S/C15H23NO2/c1-5-6-9-16-15(17)13(4)18-14-8-7-11(2)10-12(14)3/h7-8,10,13H,5-6,9H2,1-4H3,(H,16,17)/t13-/m1/s1. The van der Waals surface area contributed by atoms with E-state index in [4.69, 9.17) is 4.74 Å². The first-order chi connectivity index (χ1) is 8.54. The van der Waals surface area contributed by atoms with Crippen molar-refractivity contribution >= 4 is 5.91 Å². The second-order valence-electron chi connectivity index (χ2n) is 4.67. The average molecular weight is 249 g/mol. The van der Waals surface area contributed by atoms with Gasteiger partial charge in [-0.2, -0.15) is 0 Å². The Morgan fingerprint density at radius 2 is 2.11 bits per heavy atom. The van der Waals surface area contributed by atoms with E-state index in [0.29, 0.717) is 0 Å². The molecule has 0 aliphatic carbocycles. The Labute approximate surface area is 110 Å². The van der Waals surface area contributed by atoms with Gasteiger partial charge in [-0.1, -0.05) is 31.0 Å². The normalized spacial score (nSPS) is 12.0. The fourth-order valence-corrected chi connectivity index (χ4v) is 1.71. The van der Waals surface area contributed by atoms with Crippen molar-refractivity contribution in [2.75, 3.05) is 6.54 Å².